The van der Waals surface area contributed by atoms with Crippen LogP contribution < -0.4 is 5.32 Å². The molecule has 0 aliphatic carbocycles. The molecular weight excluding hydrogens is 210 g/mol. The van der Waals surface area contributed by atoms with E-state index in [4.69, 9.17) is 0 Å². The van der Waals surface area contributed by atoms with Gasteiger partial charge < -0.3 is 15.1 Å². The minimum Gasteiger partial charge on any atom is -0.314 e. The van der Waals surface area contributed by atoms with Crippen LogP contribution in [0, 0.1) is 5.92 Å². The maximum Gasteiger partial charge on any atom is 0.0120 e. The third-order valence-corrected chi connectivity index (χ3v) is 4.59. The van der Waals surface area contributed by atoms with Gasteiger partial charge in [-0.05, 0) is 64.4 Å². The summed E-state index contributed by atoms with van der Waals surface area (Å²) >= 11 is 0. The number of piperidine rings is 1. The molecule has 2 bridgehead atoms. The molecule has 3 nitrogen and oxygen atoms in total. The first-order valence-electron chi connectivity index (χ1n) is 7.51. The predicted octanol–water partition coefficient (Wildman–Crippen LogP) is 1.40. The molecule has 2 fully saturated rings. The quantitative estimate of drug-likeness (QED) is 0.678. The largest absolute Gasteiger partial charge is 0.314 e. The molecule has 17 heavy (non-hydrogen) atoms. The van der Waals surface area contributed by atoms with Gasteiger partial charge >= 0.3 is 0 Å². The molecule has 2 rings (SSSR count). The molecule has 3 unspecified atom stereocenters. The first-order chi connectivity index (χ1) is 8.33. The van der Waals surface area contributed by atoms with Crippen LogP contribution in [-0.4, -0.2) is 61.7 Å². The average molecular weight is 239 g/mol. The molecule has 0 saturated carbocycles. The summed E-state index contributed by atoms with van der Waals surface area (Å²) in [4.78, 5) is 5.14. The maximum atomic E-state index is 3.80. The van der Waals surface area contributed by atoms with Gasteiger partial charge in [0.25, 0.3) is 0 Å². The molecule has 0 aromatic rings. The van der Waals surface area contributed by atoms with Crippen LogP contribution in [0.5, 0.6) is 0 Å². The van der Waals surface area contributed by atoms with Gasteiger partial charge in [-0.2, -0.15) is 0 Å². The lowest BCUT2D eigenvalue weighted by Crippen LogP contribution is -2.44. The van der Waals surface area contributed by atoms with Gasteiger partial charge in [-0.3, -0.25) is 0 Å². The van der Waals surface area contributed by atoms with Crippen molar-refractivity contribution in [3.05, 3.63) is 0 Å². The number of hydrogen-bond donors (Lipinski definition) is 1. The second-order valence-corrected chi connectivity index (χ2v) is 5.58. The molecule has 0 amide bonds. The van der Waals surface area contributed by atoms with E-state index in [0.29, 0.717) is 0 Å². The van der Waals surface area contributed by atoms with Crippen molar-refractivity contribution in [3.63, 3.8) is 0 Å². The van der Waals surface area contributed by atoms with Gasteiger partial charge in [0.05, 0.1) is 0 Å². The molecule has 2 aliphatic heterocycles. The molecule has 0 spiro atoms. The van der Waals surface area contributed by atoms with Crippen molar-refractivity contribution < 1.29 is 0 Å². The van der Waals surface area contributed by atoms with Crippen molar-refractivity contribution in [1.82, 2.24) is 15.1 Å². The average Bonchev–Trinajstić information content (AvgIpc) is 2.75. The van der Waals surface area contributed by atoms with Crippen molar-refractivity contribution in [2.45, 2.75) is 39.2 Å². The molecule has 2 aliphatic rings. The second kappa shape index (κ2) is 6.72. The summed E-state index contributed by atoms with van der Waals surface area (Å²) in [6.45, 7) is 13.4. The highest BCUT2D eigenvalue weighted by molar-refractivity contribution is 4.90. The maximum absolute atomic E-state index is 3.80. The van der Waals surface area contributed by atoms with E-state index in [1.165, 1.54) is 65.1 Å². The highest BCUT2D eigenvalue weighted by atomic mass is 15.2. The third-order valence-electron chi connectivity index (χ3n) is 4.59. The predicted molar refractivity (Wildman–Crippen MR) is 73.4 cm³/mol. The molecule has 2 saturated heterocycles. The molecule has 1 N–H and O–H groups in total. The lowest BCUT2D eigenvalue weighted by molar-refractivity contribution is 0.217. The van der Waals surface area contributed by atoms with Gasteiger partial charge in [-0.1, -0.05) is 13.8 Å². The first kappa shape index (κ1) is 13.3. The van der Waals surface area contributed by atoms with E-state index in [2.05, 4.69) is 29.0 Å². The van der Waals surface area contributed by atoms with Crippen LogP contribution in [0.1, 0.15) is 33.1 Å². The van der Waals surface area contributed by atoms with Crippen LogP contribution in [0.15, 0.2) is 0 Å². The Labute approximate surface area is 107 Å². The Balaban J connectivity index is 1.58. The Morgan fingerprint density at radius 3 is 2.71 bits per heavy atom. The highest BCUT2D eigenvalue weighted by Gasteiger charge is 2.33. The van der Waals surface area contributed by atoms with Gasteiger partial charge in [-0.25, -0.2) is 0 Å². The monoisotopic (exact) mass is 239 g/mol. The van der Waals surface area contributed by atoms with Crippen molar-refractivity contribution in [2.75, 3.05) is 45.8 Å². The highest BCUT2D eigenvalue weighted by Crippen LogP contribution is 2.26. The summed E-state index contributed by atoms with van der Waals surface area (Å²) in [6.07, 6.45) is 4.10. The summed E-state index contributed by atoms with van der Waals surface area (Å²) in [6, 6.07) is 0.811. The molecule has 100 valence electrons. The van der Waals surface area contributed by atoms with Gasteiger partial charge in [0, 0.05) is 12.6 Å². The third kappa shape index (κ3) is 3.67. The Morgan fingerprint density at radius 2 is 1.94 bits per heavy atom. The number of hydrogen-bond acceptors (Lipinski definition) is 3. The molecular formula is C14H29N3. The van der Waals surface area contributed by atoms with Crippen LogP contribution in [0.3, 0.4) is 0 Å². The smallest absolute Gasteiger partial charge is 0.0120 e. The molecule has 0 aromatic heterocycles. The number of rotatable bonds is 7. The SMILES string of the molecule is CCN(CC)CCCNC1CCN2CCC1C2. The molecule has 2 heterocycles. The summed E-state index contributed by atoms with van der Waals surface area (Å²) in [5, 5.41) is 3.80. The zero-order chi connectivity index (χ0) is 12.1. The normalized spacial score (nSPS) is 32.3. The summed E-state index contributed by atoms with van der Waals surface area (Å²) in [5.74, 6) is 0.942. The van der Waals surface area contributed by atoms with Crippen molar-refractivity contribution in [3.8, 4) is 0 Å². The van der Waals surface area contributed by atoms with E-state index in [9.17, 15) is 0 Å². The number of nitrogens with zero attached hydrogens (tertiary/aromatic N) is 2. The van der Waals surface area contributed by atoms with Crippen LogP contribution in [0.2, 0.25) is 0 Å². The standard InChI is InChI=1S/C14H29N3/c1-3-16(4-2)9-5-8-15-14-7-11-17-10-6-13(14)12-17/h13-15H,3-12H2,1-2H3. The lowest BCUT2D eigenvalue weighted by atomic mass is 9.94. The second-order valence-electron chi connectivity index (χ2n) is 5.58. The zero-order valence-electron chi connectivity index (χ0n) is 11.6. The lowest BCUT2D eigenvalue weighted by Gasteiger charge is -2.31. The molecule has 0 aromatic carbocycles. The number of nitrogens with one attached hydrogen (secondary N) is 1. The fraction of sp³-hybridized carbons (Fsp3) is 1.00. The van der Waals surface area contributed by atoms with E-state index >= 15 is 0 Å². The molecule has 3 heteroatoms. The minimum atomic E-state index is 0.811. The van der Waals surface area contributed by atoms with Crippen molar-refractivity contribution in [2.24, 2.45) is 5.92 Å². The van der Waals surface area contributed by atoms with E-state index in [-0.39, 0.29) is 0 Å². The van der Waals surface area contributed by atoms with E-state index in [1.54, 1.807) is 0 Å². The number of fused-ring (bicyclic) bond motifs is 2. The molecule has 3 atom stereocenters. The van der Waals surface area contributed by atoms with E-state index in [0.717, 1.165) is 12.0 Å². The summed E-state index contributed by atoms with van der Waals surface area (Å²) in [5.41, 5.74) is 0. The van der Waals surface area contributed by atoms with Crippen LogP contribution in [-0.2, 0) is 0 Å². The Bertz CT molecular complexity index is 216. The van der Waals surface area contributed by atoms with Gasteiger partial charge in [0.1, 0.15) is 0 Å². The zero-order valence-corrected chi connectivity index (χ0v) is 11.6. The summed E-state index contributed by atoms with van der Waals surface area (Å²) in [7, 11) is 0. The van der Waals surface area contributed by atoms with Crippen molar-refractivity contribution >= 4 is 0 Å². The topological polar surface area (TPSA) is 18.5 Å². The van der Waals surface area contributed by atoms with Crippen LogP contribution in [0.4, 0.5) is 0 Å². The van der Waals surface area contributed by atoms with Crippen molar-refractivity contribution in [1.29, 1.82) is 0 Å². The Hall–Kier alpha value is -0.120. The van der Waals surface area contributed by atoms with E-state index < -0.39 is 0 Å². The fourth-order valence-electron chi connectivity index (χ4n) is 3.35. The van der Waals surface area contributed by atoms with Gasteiger partial charge in [-0.15, -0.1) is 0 Å². The fourth-order valence-corrected chi connectivity index (χ4v) is 3.35. The van der Waals surface area contributed by atoms with Gasteiger partial charge in [0.2, 0.25) is 0 Å². The first-order valence-corrected chi connectivity index (χ1v) is 7.51. The Kier molecular flexibility index (Phi) is 5.26. The van der Waals surface area contributed by atoms with Crippen LogP contribution >= 0.6 is 0 Å². The molecule has 0 radical (unpaired) electrons. The summed E-state index contributed by atoms with van der Waals surface area (Å²) < 4.78 is 0. The Morgan fingerprint density at radius 1 is 1.18 bits per heavy atom. The minimum absolute atomic E-state index is 0.811. The van der Waals surface area contributed by atoms with Gasteiger partial charge in [0.15, 0.2) is 0 Å². The van der Waals surface area contributed by atoms with E-state index in [1.807, 2.05) is 0 Å². The van der Waals surface area contributed by atoms with Crippen LogP contribution in [0.25, 0.3) is 0 Å².